The third-order valence-electron chi connectivity index (χ3n) is 3.58. The molecule has 0 aliphatic carbocycles. The molecule has 0 amide bonds. The maximum absolute atomic E-state index is 11.8. The Labute approximate surface area is 113 Å². The summed E-state index contributed by atoms with van der Waals surface area (Å²) in [4.78, 5) is 11.8. The zero-order valence-electron chi connectivity index (χ0n) is 11.1. The minimum Gasteiger partial charge on any atom is -0.426 e. The highest BCUT2D eigenvalue weighted by Crippen LogP contribution is 2.39. The van der Waals surface area contributed by atoms with E-state index in [1.165, 1.54) is 16.7 Å². The van der Waals surface area contributed by atoms with E-state index in [1.54, 1.807) is 0 Å². The van der Waals surface area contributed by atoms with Crippen LogP contribution in [0.25, 0.3) is 0 Å². The van der Waals surface area contributed by atoms with Gasteiger partial charge in [-0.05, 0) is 25.5 Å². The molecule has 96 valence electrons. The Morgan fingerprint density at radius 1 is 1.05 bits per heavy atom. The Balaban J connectivity index is 2.12. The average molecular weight is 252 g/mol. The van der Waals surface area contributed by atoms with Crippen LogP contribution in [0.1, 0.15) is 34.6 Å². The summed E-state index contributed by atoms with van der Waals surface area (Å²) < 4.78 is 5.33. The second kappa shape index (κ2) is 4.54. The van der Waals surface area contributed by atoms with Gasteiger partial charge in [-0.25, -0.2) is 0 Å². The number of carbonyl (C=O) groups is 1. The van der Waals surface area contributed by atoms with Gasteiger partial charge in [0.05, 0.1) is 6.42 Å². The number of hydrogen-bond donors (Lipinski definition) is 0. The Hall–Kier alpha value is -2.09. The van der Waals surface area contributed by atoms with Crippen molar-refractivity contribution in [2.24, 2.45) is 0 Å². The molecule has 1 heterocycles. The molecule has 2 nitrogen and oxygen atoms in total. The fraction of sp³-hybridized carbons (Fsp3) is 0.235. The first-order chi connectivity index (χ1) is 9.13. The Kier molecular flexibility index (Phi) is 2.86. The summed E-state index contributed by atoms with van der Waals surface area (Å²) in [6.45, 7) is 4.13. The molecule has 1 aliphatic rings. The van der Waals surface area contributed by atoms with Gasteiger partial charge in [-0.1, -0.05) is 47.5 Å². The average Bonchev–Trinajstić information content (AvgIpc) is 2.38. The molecule has 0 N–H and O–H groups in total. The van der Waals surface area contributed by atoms with Gasteiger partial charge < -0.3 is 4.74 Å². The standard InChI is InChI=1S/C17H16O2/c1-11-4-3-5-13(8-11)14-10-17(18)19-16-7-6-12(2)9-15(14)16/h3-9,14H,10H2,1-2H3. The smallest absolute Gasteiger partial charge is 0.312 e. The van der Waals surface area contributed by atoms with Crippen LogP contribution in [0.15, 0.2) is 42.5 Å². The lowest BCUT2D eigenvalue weighted by molar-refractivity contribution is -0.135. The topological polar surface area (TPSA) is 26.3 Å². The molecule has 0 saturated carbocycles. The van der Waals surface area contributed by atoms with Crippen molar-refractivity contribution < 1.29 is 9.53 Å². The normalized spacial score (nSPS) is 17.8. The second-order valence-electron chi connectivity index (χ2n) is 5.19. The molecule has 1 atom stereocenters. The molecule has 0 aromatic heterocycles. The molecular formula is C17H16O2. The summed E-state index contributed by atoms with van der Waals surface area (Å²) in [5, 5.41) is 0. The summed E-state index contributed by atoms with van der Waals surface area (Å²) in [6, 6.07) is 14.3. The monoisotopic (exact) mass is 252 g/mol. The predicted molar refractivity (Wildman–Crippen MR) is 74.5 cm³/mol. The maximum atomic E-state index is 11.8. The number of ether oxygens (including phenoxy) is 1. The first kappa shape index (κ1) is 12.0. The third-order valence-corrected chi connectivity index (χ3v) is 3.58. The lowest BCUT2D eigenvalue weighted by Crippen LogP contribution is -2.21. The minimum absolute atomic E-state index is 0.107. The molecule has 0 radical (unpaired) electrons. The maximum Gasteiger partial charge on any atom is 0.312 e. The van der Waals surface area contributed by atoms with Crippen LogP contribution in [0.4, 0.5) is 0 Å². The van der Waals surface area contributed by atoms with Crippen LogP contribution in [0.3, 0.4) is 0 Å². The number of rotatable bonds is 1. The zero-order valence-corrected chi connectivity index (χ0v) is 11.1. The van der Waals surface area contributed by atoms with Gasteiger partial charge in [0.1, 0.15) is 5.75 Å². The summed E-state index contributed by atoms with van der Waals surface area (Å²) >= 11 is 0. The predicted octanol–water partition coefficient (Wildman–Crippen LogP) is 3.74. The van der Waals surface area contributed by atoms with E-state index < -0.39 is 0 Å². The highest BCUT2D eigenvalue weighted by Gasteiger charge is 2.28. The first-order valence-electron chi connectivity index (χ1n) is 6.51. The van der Waals surface area contributed by atoms with Crippen LogP contribution >= 0.6 is 0 Å². The van der Waals surface area contributed by atoms with Crippen LogP contribution in [-0.4, -0.2) is 5.97 Å². The van der Waals surface area contributed by atoms with Gasteiger partial charge in [-0.3, -0.25) is 4.79 Å². The summed E-state index contributed by atoms with van der Waals surface area (Å²) in [7, 11) is 0. The molecule has 0 bridgehead atoms. The van der Waals surface area contributed by atoms with Gasteiger partial charge in [0.25, 0.3) is 0 Å². The van der Waals surface area contributed by atoms with Gasteiger partial charge in [0.15, 0.2) is 0 Å². The molecule has 2 aromatic carbocycles. The van der Waals surface area contributed by atoms with Gasteiger partial charge in [0.2, 0.25) is 0 Å². The number of hydrogen-bond acceptors (Lipinski definition) is 2. The fourth-order valence-corrected chi connectivity index (χ4v) is 2.66. The SMILES string of the molecule is Cc1cccc(C2CC(=O)Oc3ccc(C)cc32)c1. The van der Waals surface area contributed by atoms with E-state index in [4.69, 9.17) is 4.74 Å². The Bertz CT molecular complexity index is 643. The lowest BCUT2D eigenvalue weighted by atomic mass is 9.85. The van der Waals surface area contributed by atoms with Crippen molar-refractivity contribution in [3.63, 3.8) is 0 Å². The fourth-order valence-electron chi connectivity index (χ4n) is 2.66. The molecule has 19 heavy (non-hydrogen) atoms. The number of aryl methyl sites for hydroxylation is 2. The van der Waals surface area contributed by atoms with E-state index in [0.717, 1.165) is 5.56 Å². The van der Waals surface area contributed by atoms with Gasteiger partial charge >= 0.3 is 5.97 Å². The Morgan fingerprint density at radius 2 is 1.84 bits per heavy atom. The quantitative estimate of drug-likeness (QED) is 0.571. The lowest BCUT2D eigenvalue weighted by Gasteiger charge is -2.25. The van der Waals surface area contributed by atoms with Gasteiger partial charge in [-0.2, -0.15) is 0 Å². The molecule has 2 heteroatoms. The van der Waals surface area contributed by atoms with Crippen LogP contribution in [0.2, 0.25) is 0 Å². The van der Waals surface area contributed by atoms with Crippen molar-refractivity contribution in [2.45, 2.75) is 26.2 Å². The first-order valence-corrected chi connectivity index (χ1v) is 6.51. The summed E-state index contributed by atoms with van der Waals surface area (Å²) in [6.07, 6.45) is 0.417. The summed E-state index contributed by atoms with van der Waals surface area (Å²) in [5.41, 5.74) is 4.70. The number of esters is 1. The van der Waals surface area contributed by atoms with Crippen molar-refractivity contribution in [2.75, 3.05) is 0 Å². The van der Waals surface area contributed by atoms with Crippen molar-refractivity contribution in [3.8, 4) is 5.75 Å². The minimum atomic E-state index is -0.150. The molecule has 0 saturated heterocycles. The van der Waals surface area contributed by atoms with Crippen LogP contribution in [0.5, 0.6) is 5.75 Å². The van der Waals surface area contributed by atoms with Crippen LogP contribution < -0.4 is 4.74 Å². The summed E-state index contributed by atoms with van der Waals surface area (Å²) in [5.74, 6) is 0.660. The molecule has 0 spiro atoms. The van der Waals surface area contributed by atoms with Crippen LogP contribution in [0, 0.1) is 13.8 Å². The third kappa shape index (κ3) is 2.26. The van der Waals surface area contributed by atoms with Crippen molar-refractivity contribution in [3.05, 3.63) is 64.7 Å². The number of benzene rings is 2. The van der Waals surface area contributed by atoms with E-state index in [-0.39, 0.29) is 11.9 Å². The highest BCUT2D eigenvalue weighted by atomic mass is 16.5. The second-order valence-corrected chi connectivity index (χ2v) is 5.19. The van der Waals surface area contributed by atoms with E-state index in [0.29, 0.717) is 12.2 Å². The molecular weight excluding hydrogens is 236 g/mol. The van der Waals surface area contributed by atoms with Crippen LogP contribution in [-0.2, 0) is 4.79 Å². The molecule has 0 fully saturated rings. The molecule has 2 aromatic rings. The van der Waals surface area contributed by atoms with Gasteiger partial charge in [0, 0.05) is 11.5 Å². The largest absolute Gasteiger partial charge is 0.426 e. The molecule has 1 unspecified atom stereocenters. The number of fused-ring (bicyclic) bond motifs is 1. The van der Waals surface area contributed by atoms with Crippen molar-refractivity contribution in [1.29, 1.82) is 0 Å². The Morgan fingerprint density at radius 3 is 2.63 bits per heavy atom. The van der Waals surface area contributed by atoms with E-state index in [9.17, 15) is 4.79 Å². The highest BCUT2D eigenvalue weighted by molar-refractivity contribution is 5.77. The van der Waals surface area contributed by atoms with E-state index in [2.05, 4.69) is 38.1 Å². The van der Waals surface area contributed by atoms with Gasteiger partial charge in [-0.15, -0.1) is 0 Å². The zero-order chi connectivity index (χ0) is 13.4. The van der Waals surface area contributed by atoms with Crippen molar-refractivity contribution >= 4 is 5.97 Å². The number of carbonyl (C=O) groups excluding carboxylic acids is 1. The van der Waals surface area contributed by atoms with Crippen molar-refractivity contribution in [1.82, 2.24) is 0 Å². The molecule has 3 rings (SSSR count). The van der Waals surface area contributed by atoms with E-state index >= 15 is 0 Å². The van der Waals surface area contributed by atoms with E-state index in [1.807, 2.05) is 18.2 Å². The molecule has 1 aliphatic heterocycles.